The number of hydrogen-bond acceptors (Lipinski definition) is 3. The number of aryl methyl sites for hydroxylation is 2. The molecule has 112 valence electrons. The molecule has 1 atom stereocenters. The number of nitrogens with two attached hydrogens (primary N) is 1. The van der Waals surface area contributed by atoms with Crippen LogP contribution < -0.4 is 11.1 Å². The van der Waals surface area contributed by atoms with Gasteiger partial charge >= 0.3 is 0 Å². The topological polar surface area (TPSA) is 72.9 Å². The summed E-state index contributed by atoms with van der Waals surface area (Å²) in [5.74, 6) is -0.168. The zero-order valence-electron chi connectivity index (χ0n) is 12.8. The molecule has 5 heteroatoms. The van der Waals surface area contributed by atoms with Crippen LogP contribution in [0, 0.1) is 6.92 Å². The Labute approximate surface area is 125 Å². The number of nitrogens with one attached hydrogen (secondary N) is 1. The highest BCUT2D eigenvalue weighted by atomic mass is 16.2. The Balaban J connectivity index is 2.08. The highest BCUT2D eigenvalue weighted by Gasteiger charge is 2.20. The van der Waals surface area contributed by atoms with Crippen molar-refractivity contribution in [1.29, 1.82) is 0 Å². The van der Waals surface area contributed by atoms with Gasteiger partial charge < -0.3 is 11.1 Å². The van der Waals surface area contributed by atoms with Crippen LogP contribution in [0.3, 0.4) is 0 Å². The molecule has 0 fully saturated rings. The van der Waals surface area contributed by atoms with Crippen molar-refractivity contribution in [3.8, 4) is 0 Å². The zero-order valence-corrected chi connectivity index (χ0v) is 12.8. The van der Waals surface area contributed by atoms with E-state index in [0.717, 1.165) is 6.42 Å². The van der Waals surface area contributed by atoms with E-state index in [1.165, 1.54) is 5.56 Å². The molecule has 21 heavy (non-hydrogen) atoms. The number of rotatable bonds is 5. The van der Waals surface area contributed by atoms with E-state index < -0.39 is 0 Å². The molecule has 0 bridgehead atoms. The molecule has 1 unspecified atom stereocenters. The number of hydrogen-bond donors (Lipinski definition) is 2. The average Bonchev–Trinajstić information content (AvgIpc) is 2.75. The first-order chi connectivity index (χ1) is 10.0. The molecule has 0 radical (unpaired) electrons. The molecule has 0 aliphatic heterocycles. The van der Waals surface area contributed by atoms with E-state index >= 15 is 0 Å². The fourth-order valence-electron chi connectivity index (χ4n) is 2.37. The van der Waals surface area contributed by atoms with E-state index in [1.54, 1.807) is 4.68 Å². The fourth-order valence-corrected chi connectivity index (χ4v) is 2.37. The highest BCUT2D eigenvalue weighted by Crippen LogP contribution is 2.16. The standard InChI is InChI=1S/C16H22N4O/c1-4-20-15(14(17)12(3)19-20)16(21)18-11(2)10-13-8-6-5-7-9-13/h5-9,11H,4,10,17H2,1-3H3,(H,18,21). The van der Waals surface area contributed by atoms with E-state index in [-0.39, 0.29) is 11.9 Å². The van der Waals surface area contributed by atoms with Crippen molar-refractivity contribution in [1.82, 2.24) is 15.1 Å². The molecule has 1 heterocycles. The Morgan fingerprint density at radius 2 is 2.05 bits per heavy atom. The predicted octanol–water partition coefficient (Wildman–Crippen LogP) is 2.15. The van der Waals surface area contributed by atoms with Gasteiger partial charge in [-0.15, -0.1) is 0 Å². The zero-order chi connectivity index (χ0) is 15.4. The molecule has 2 aromatic rings. The average molecular weight is 286 g/mol. The molecule has 5 nitrogen and oxygen atoms in total. The first-order valence-corrected chi connectivity index (χ1v) is 7.20. The maximum Gasteiger partial charge on any atom is 0.271 e. The first-order valence-electron chi connectivity index (χ1n) is 7.20. The Morgan fingerprint density at radius 3 is 2.67 bits per heavy atom. The lowest BCUT2D eigenvalue weighted by atomic mass is 10.1. The lowest BCUT2D eigenvalue weighted by Gasteiger charge is -2.15. The number of carbonyl (C=O) groups is 1. The van der Waals surface area contributed by atoms with Gasteiger partial charge in [0.25, 0.3) is 5.91 Å². The van der Waals surface area contributed by atoms with Crippen LogP contribution in [-0.4, -0.2) is 21.7 Å². The second-order valence-corrected chi connectivity index (χ2v) is 5.23. The second-order valence-electron chi connectivity index (χ2n) is 5.23. The normalized spacial score (nSPS) is 12.1. The third-order valence-corrected chi connectivity index (χ3v) is 3.45. The van der Waals surface area contributed by atoms with Gasteiger partial charge in [0.2, 0.25) is 0 Å². The molecule has 0 aliphatic rings. The van der Waals surface area contributed by atoms with E-state index in [1.807, 2.05) is 39.0 Å². The minimum atomic E-state index is -0.168. The Hall–Kier alpha value is -2.30. The van der Waals surface area contributed by atoms with Crippen LogP contribution in [0.15, 0.2) is 30.3 Å². The second kappa shape index (κ2) is 6.43. The van der Waals surface area contributed by atoms with Gasteiger partial charge in [-0.1, -0.05) is 30.3 Å². The number of carbonyl (C=O) groups excluding carboxylic acids is 1. The predicted molar refractivity (Wildman–Crippen MR) is 84.1 cm³/mol. The van der Waals surface area contributed by atoms with Crippen LogP contribution in [0.25, 0.3) is 0 Å². The van der Waals surface area contributed by atoms with Gasteiger partial charge in [-0.05, 0) is 32.8 Å². The summed E-state index contributed by atoms with van der Waals surface area (Å²) in [6.45, 7) is 6.36. The molecular formula is C16H22N4O. The lowest BCUT2D eigenvalue weighted by Crippen LogP contribution is -2.35. The van der Waals surface area contributed by atoms with E-state index in [2.05, 4.69) is 22.5 Å². The Bertz CT molecular complexity index is 619. The summed E-state index contributed by atoms with van der Waals surface area (Å²) in [6.07, 6.45) is 0.783. The molecule has 1 aromatic heterocycles. The summed E-state index contributed by atoms with van der Waals surface area (Å²) >= 11 is 0. The maximum atomic E-state index is 12.4. The van der Waals surface area contributed by atoms with Gasteiger partial charge in [0.1, 0.15) is 5.69 Å². The van der Waals surface area contributed by atoms with Crippen molar-refractivity contribution < 1.29 is 4.79 Å². The summed E-state index contributed by atoms with van der Waals surface area (Å²) in [6, 6.07) is 10.1. The van der Waals surface area contributed by atoms with Gasteiger partial charge in [0.15, 0.2) is 0 Å². The van der Waals surface area contributed by atoms with Crippen molar-refractivity contribution in [2.45, 2.75) is 39.8 Å². The Kier molecular flexibility index (Phi) is 4.62. The SMILES string of the molecule is CCn1nc(C)c(N)c1C(=O)NC(C)Cc1ccccc1. The van der Waals surface area contributed by atoms with Gasteiger partial charge in [-0.25, -0.2) is 0 Å². The molecule has 3 N–H and O–H groups in total. The monoisotopic (exact) mass is 286 g/mol. The van der Waals surface area contributed by atoms with Crippen LogP contribution in [0.2, 0.25) is 0 Å². The molecular weight excluding hydrogens is 264 g/mol. The van der Waals surface area contributed by atoms with Crippen LogP contribution in [0.5, 0.6) is 0 Å². The minimum Gasteiger partial charge on any atom is -0.395 e. The third-order valence-electron chi connectivity index (χ3n) is 3.45. The largest absolute Gasteiger partial charge is 0.395 e. The number of nitrogens with zero attached hydrogens (tertiary/aromatic N) is 2. The number of nitrogen functional groups attached to an aromatic ring is 1. The highest BCUT2D eigenvalue weighted by molar-refractivity contribution is 5.98. The molecule has 1 amide bonds. The van der Waals surface area contributed by atoms with Crippen molar-refractivity contribution in [3.05, 3.63) is 47.3 Å². The molecule has 0 saturated heterocycles. The van der Waals surface area contributed by atoms with Crippen LogP contribution in [0.1, 0.15) is 35.6 Å². The van der Waals surface area contributed by atoms with E-state index in [9.17, 15) is 4.79 Å². The molecule has 0 saturated carbocycles. The summed E-state index contributed by atoms with van der Waals surface area (Å²) in [5, 5.41) is 7.27. The van der Waals surface area contributed by atoms with Crippen molar-refractivity contribution in [2.75, 3.05) is 5.73 Å². The molecule has 1 aromatic carbocycles. The van der Waals surface area contributed by atoms with Crippen molar-refractivity contribution in [2.24, 2.45) is 0 Å². The third kappa shape index (κ3) is 3.42. The van der Waals surface area contributed by atoms with Crippen LogP contribution >= 0.6 is 0 Å². The summed E-state index contributed by atoms with van der Waals surface area (Å²) in [4.78, 5) is 12.4. The number of anilines is 1. The molecule has 2 rings (SSSR count). The molecule has 0 aliphatic carbocycles. The fraction of sp³-hybridized carbons (Fsp3) is 0.375. The van der Waals surface area contributed by atoms with Gasteiger partial charge in [0, 0.05) is 12.6 Å². The smallest absolute Gasteiger partial charge is 0.271 e. The minimum absolute atomic E-state index is 0.0276. The van der Waals surface area contributed by atoms with Crippen LogP contribution in [0.4, 0.5) is 5.69 Å². The van der Waals surface area contributed by atoms with Crippen molar-refractivity contribution >= 4 is 11.6 Å². The lowest BCUT2D eigenvalue weighted by molar-refractivity contribution is 0.0930. The van der Waals surface area contributed by atoms with Crippen LogP contribution in [-0.2, 0) is 13.0 Å². The summed E-state index contributed by atoms with van der Waals surface area (Å²) in [7, 11) is 0. The van der Waals surface area contributed by atoms with E-state index in [0.29, 0.717) is 23.6 Å². The van der Waals surface area contributed by atoms with E-state index in [4.69, 9.17) is 5.73 Å². The van der Waals surface area contributed by atoms with Crippen molar-refractivity contribution in [3.63, 3.8) is 0 Å². The number of amides is 1. The Morgan fingerprint density at radius 1 is 1.38 bits per heavy atom. The maximum absolute atomic E-state index is 12.4. The quantitative estimate of drug-likeness (QED) is 0.884. The molecule has 0 spiro atoms. The summed E-state index contributed by atoms with van der Waals surface area (Å²) < 4.78 is 1.65. The first kappa shape index (κ1) is 15.1. The summed E-state index contributed by atoms with van der Waals surface area (Å²) in [5.41, 5.74) is 8.76. The number of aromatic nitrogens is 2. The van der Waals surface area contributed by atoms with Gasteiger partial charge in [-0.3, -0.25) is 9.48 Å². The number of benzene rings is 1. The van der Waals surface area contributed by atoms with Gasteiger partial charge in [0.05, 0.1) is 11.4 Å². The van der Waals surface area contributed by atoms with Gasteiger partial charge in [-0.2, -0.15) is 5.10 Å².